The number of rotatable bonds is 7. The molecule has 0 saturated carbocycles. The summed E-state index contributed by atoms with van der Waals surface area (Å²) in [5.41, 5.74) is 2.23. The summed E-state index contributed by atoms with van der Waals surface area (Å²) in [5, 5.41) is 0. The van der Waals surface area contributed by atoms with E-state index < -0.39 is 0 Å². The number of hydrogen-bond donors (Lipinski definition) is 0. The van der Waals surface area contributed by atoms with Gasteiger partial charge in [0.05, 0.1) is 14.2 Å². The highest BCUT2D eigenvalue weighted by Crippen LogP contribution is 2.26. The van der Waals surface area contributed by atoms with E-state index in [9.17, 15) is 0 Å². The largest absolute Gasteiger partial charge is 0.496 e. The zero-order valence-electron chi connectivity index (χ0n) is 15.1. The lowest BCUT2D eigenvalue weighted by molar-refractivity contribution is 0.158. The maximum atomic E-state index is 5.47. The molecule has 0 radical (unpaired) electrons. The van der Waals surface area contributed by atoms with E-state index in [4.69, 9.17) is 9.47 Å². The Labute approximate surface area is 150 Å². The molecule has 1 aromatic carbocycles. The van der Waals surface area contributed by atoms with Gasteiger partial charge in [0, 0.05) is 25.5 Å². The highest BCUT2D eigenvalue weighted by Gasteiger charge is 2.21. The summed E-state index contributed by atoms with van der Waals surface area (Å²) in [7, 11) is 3.40. The van der Waals surface area contributed by atoms with Crippen LogP contribution in [-0.4, -0.2) is 42.2 Å². The van der Waals surface area contributed by atoms with Gasteiger partial charge in [0.25, 0.3) is 0 Å². The van der Waals surface area contributed by atoms with E-state index in [2.05, 4.69) is 27.0 Å². The Morgan fingerprint density at radius 2 is 1.96 bits per heavy atom. The molecule has 0 bridgehead atoms. The van der Waals surface area contributed by atoms with Crippen LogP contribution >= 0.6 is 0 Å². The number of para-hydroxylation sites is 1. The monoisotopic (exact) mass is 341 g/mol. The summed E-state index contributed by atoms with van der Waals surface area (Å²) in [6, 6.07) is 8.33. The van der Waals surface area contributed by atoms with Crippen LogP contribution in [0, 0.1) is 5.92 Å². The van der Waals surface area contributed by atoms with Gasteiger partial charge in [-0.3, -0.25) is 9.88 Å². The molecule has 5 heteroatoms. The average molecular weight is 341 g/mol. The summed E-state index contributed by atoms with van der Waals surface area (Å²) in [6.45, 7) is 3.03. The van der Waals surface area contributed by atoms with E-state index in [-0.39, 0.29) is 0 Å². The molecule has 5 nitrogen and oxygen atoms in total. The Hall–Kier alpha value is -2.14. The Bertz CT molecular complexity index is 677. The first-order valence-electron chi connectivity index (χ1n) is 8.98. The maximum Gasteiger partial charge on any atom is 0.236 e. The van der Waals surface area contributed by atoms with Crippen molar-refractivity contribution in [3.8, 4) is 11.6 Å². The zero-order valence-corrected chi connectivity index (χ0v) is 15.1. The highest BCUT2D eigenvalue weighted by atomic mass is 16.5. The van der Waals surface area contributed by atoms with Gasteiger partial charge >= 0.3 is 0 Å². The van der Waals surface area contributed by atoms with Crippen LogP contribution in [0.1, 0.15) is 30.5 Å². The molecule has 1 atom stereocenters. The van der Waals surface area contributed by atoms with Gasteiger partial charge in [0.1, 0.15) is 11.4 Å². The third-order valence-corrected chi connectivity index (χ3v) is 4.92. The molecule has 1 aliphatic rings. The SMILES string of the molecule is COc1ccccc1CCC1CCCN(Cc2nccnc2OC)C1. The standard InChI is InChI=1S/C20H27N3O2/c1-24-19-8-4-3-7-17(19)10-9-16-6-5-13-23(14-16)15-18-20(25-2)22-12-11-21-18/h3-4,7-8,11-12,16H,5-6,9-10,13-15H2,1-2H3. The van der Waals surface area contributed by atoms with Crippen LogP contribution in [0.25, 0.3) is 0 Å². The number of piperidine rings is 1. The van der Waals surface area contributed by atoms with E-state index in [1.165, 1.54) is 24.8 Å². The second kappa shape index (κ2) is 8.81. The lowest BCUT2D eigenvalue weighted by Crippen LogP contribution is -2.35. The lowest BCUT2D eigenvalue weighted by atomic mass is 9.91. The summed E-state index contributed by atoms with van der Waals surface area (Å²) in [4.78, 5) is 11.2. The summed E-state index contributed by atoms with van der Waals surface area (Å²) in [6.07, 6.45) is 8.20. The smallest absolute Gasteiger partial charge is 0.236 e. The minimum absolute atomic E-state index is 0.638. The van der Waals surface area contributed by atoms with Gasteiger partial charge in [-0.1, -0.05) is 18.2 Å². The van der Waals surface area contributed by atoms with Gasteiger partial charge in [-0.15, -0.1) is 0 Å². The second-order valence-corrected chi connectivity index (χ2v) is 6.61. The van der Waals surface area contributed by atoms with Gasteiger partial charge in [-0.2, -0.15) is 0 Å². The van der Waals surface area contributed by atoms with E-state index in [1.807, 2.05) is 12.1 Å². The zero-order chi connectivity index (χ0) is 17.5. The Kier molecular flexibility index (Phi) is 6.23. The van der Waals surface area contributed by atoms with E-state index >= 15 is 0 Å². The molecule has 0 spiro atoms. The van der Waals surface area contributed by atoms with Crippen LogP contribution in [0.3, 0.4) is 0 Å². The summed E-state index contributed by atoms with van der Waals surface area (Å²) >= 11 is 0. The molecule has 1 fully saturated rings. The molecule has 1 aliphatic heterocycles. The van der Waals surface area contributed by atoms with Gasteiger partial charge in [0.15, 0.2) is 0 Å². The molecule has 1 saturated heterocycles. The number of aromatic nitrogens is 2. The fraction of sp³-hybridized carbons (Fsp3) is 0.500. The van der Waals surface area contributed by atoms with Crippen LogP contribution in [-0.2, 0) is 13.0 Å². The van der Waals surface area contributed by atoms with Crippen molar-refractivity contribution in [3.63, 3.8) is 0 Å². The van der Waals surface area contributed by atoms with Gasteiger partial charge < -0.3 is 9.47 Å². The van der Waals surface area contributed by atoms with Crippen molar-refractivity contribution in [2.75, 3.05) is 27.3 Å². The Morgan fingerprint density at radius 3 is 2.80 bits per heavy atom. The third kappa shape index (κ3) is 4.69. The molecule has 2 heterocycles. The minimum Gasteiger partial charge on any atom is -0.496 e. The molecular weight excluding hydrogens is 314 g/mol. The normalized spacial score (nSPS) is 18.1. The molecule has 2 aromatic rings. The number of methoxy groups -OCH3 is 2. The minimum atomic E-state index is 0.638. The first-order chi connectivity index (χ1) is 12.3. The van der Waals surface area contributed by atoms with Crippen molar-refractivity contribution in [3.05, 3.63) is 47.9 Å². The quantitative estimate of drug-likeness (QED) is 0.773. The van der Waals surface area contributed by atoms with Crippen molar-refractivity contribution in [1.29, 1.82) is 0 Å². The van der Waals surface area contributed by atoms with Crippen LogP contribution in [0.4, 0.5) is 0 Å². The first-order valence-corrected chi connectivity index (χ1v) is 8.98. The third-order valence-electron chi connectivity index (χ3n) is 4.92. The van der Waals surface area contributed by atoms with Crippen LogP contribution in [0.2, 0.25) is 0 Å². The topological polar surface area (TPSA) is 47.5 Å². The average Bonchev–Trinajstić information content (AvgIpc) is 2.67. The molecule has 25 heavy (non-hydrogen) atoms. The molecule has 0 amide bonds. The van der Waals surface area contributed by atoms with E-state index in [0.29, 0.717) is 11.8 Å². The summed E-state index contributed by atoms with van der Waals surface area (Å²) < 4.78 is 10.8. The predicted octanol–water partition coefficient (Wildman–Crippen LogP) is 3.34. The van der Waals surface area contributed by atoms with Crippen molar-refractivity contribution < 1.29 is 9.47 Å². The number of benzene rings is 1. The molecule has 0 N–H and O–H groups in total. The number of aryl methyl sites for hydroxylation is 1. The van der Waals surface area contributed by atoms with Crippen molar-refractivity contribution in [1.82, 2.24) is 14.9 Å². The predicted molar refractivity (Wildman–Crippen MR) is 97.9 cm³/mol. The highest BCUT2D eigenvalue weighted by molar-refractivity contribution is 5.33. The van der Waals surface area contributed by atoms with Gasteiger partial charge in [-0.05, 0) is 49.8 Å². The number of hydrogen-bond acceptors (Lipinski definition) is 5. The second-order valence-electron chi connectivity index (χ2n) is 6.61. The Morgan fingerprint density at radius 1 is 1.12 bits per heavy atom. The maximum absolute atomic E-state index is 5.47. The number of likely N-dealkylation sites (tertiary alicyclic amines) is 1. The van der Waals surface area contributed by atoms with Crippen LogP contribution in [0.15, 0.2) is 36.7 Å². The molecule has 1 aromatic heterocycles. The van der Waals surface area contributed by atoms with Gasteiger partial charge in [-0.25, -0.2) is 4.98 Å². The van der Waals surface area contributed by atoms with Gasteiger partial charge in [0.2, 0.25) is 5.88 Å². The number of nitrogens with zero attached hydrogens (tertiary/aromatic N) is 3. The van der Waals surface area contributed by atoms with Crippen LogP contribution < -0.4 is 9.47 Å². The number of ether oxygens (including phenoxy) is 2. The molecule has 3 rings (SSSR count). The van der Waals surface area contributed by atoms with E-state index in [1.54, 1.807) is 26.6 Å². The van der Waals surface area contributed by atoms with Crippen LogP contribution in [0.5, 0.6) is 11.6 Å². The Balaban J connectivity index is 1.56. The van der Waals surface area contributed by atoms with Crippen molar-refractivity contribution in [2.45, 2.75) is 32.2 Å². The molecule has 1 unspecified atom stereocenters. The lowest BCUT2D eigenvalue weighted by Gasteiger charge is -2.32. The van der Waals surface area contributed by atoms with E-state index in [0.717, 1.165) is 37.5 Å². The molecule has 0 aliphatic carbocycles. The fourth-order valence-electron chi connectivity index (χ4n) is 3.64. The molecular formula is C20H27N3O2. The molecule has 134 valence electrons. The fourth-order valence-corrected chi connectivity index (χ4v) is 3.64. The van der Waals surface area contributed by atoms with Crippen molar-refractivity contribution in [2.24, 2.45) is 5.92 Å². The van der Waals surface area contributed by atoms with Crippen molar-refractivity contribution >= 4 is 0 Å². The first kappa shape index (κ1) is 17.7. The summed E-state index contributed by atoms with van der Waals surface area (Å²) in [5.74, 6) is 2.35.